The van der Waals surface area contributed by atoms with Gasteiger partial charge in [0, 0.05) is 11.7 Å². The second-order valence-electron chi connectivity index (χ2n) is 4.81. The Morgan fingerprint density at radius 3 is 2.40 bits per heavy atom. The molecule has 110 valence electrons. The Morgan fingerprint density at radius 1 is 1.30 bits per heavy atom. The lowest BCUT2D eigenvalue weighted by atomic mass is 10.2. The van der Waals surface area contributed by atoms with Gasteiger partial charge in [-0.15, -0.1) is 0 Å². The second-order valence-corrected chi connectivity index (χ2v) is 6.52. The average Bonchev–Trinajstić information content (AvgIpc) is 3.21. The third kappa shape index (κ3) is 3.71. The van der Waals surface area contributed by atoms with Crippen molar-refractivity contribution in [3.05, 3.63) is 24.3 Å². The number of ether oxygens (including phenoxy) is 1. The summed E-state index contributed by atoms with van der Waals surface area (Å²) in [6.45, 7) is 1.67. The van der Waals surface area contributed by atoms with Crippen LogP contribution in [-0.4, -0.2) is 33.6 Å². The topological polar surface area (TPSA) is 84.5 Å². The summed E-state index contributed by atoms with van der Waals surface area (Å²) >= 11 is 0. The smallest absolute Gasteiger partial charge is 0.327 e. The van der Waals surface area contributed by atoms with Crippen molar-refractivity contribution in [2.45, 2.75) is 36.7 Å². The summed E-state index contributed by atoms with van der Waals surface area (Å²) in [5.74, 6) is -0.378. The van der Waals surface area contributed by atoms with E-state index in [-0.39, 0.29) is 16.9 Å². The highest BCUT2D eigenvalue weighted by atomic mass is 32.2. The third-order valence-corrected chi connectivity index (χ3v) is 4.54. The minimum Gasteiger partial charge on any atom is -0.467 e. The highest BCUT2D eigenvalue weighted by Crippen LogP contribution is 2.22. The Balaban J connectivity index is 2.04. The highest BCUT2D eigenvalue weighted by Gasteiger charge is 2.27. The minimum absolute atomic E-state index is 0.0807. The van der Waals surface area contributed by atoms with Gasteiger partial charge in [-0.3, -0.25) is 0 Å². The Bertz CT molecular complexity index is 579. The van der Waals surface area contributed by atoms with E-state index in [2.05, 4.69) is 14.8 Å². The molecule has 7 heteroatoms. The summed E-state index contributed by atoms with van der Waals surface area (Å²) in [6.07, 6.45) is 1.80. The molecule has 1 aliphatic carbocycles. The van der Waals surface area contributed by atoms with E-state index in [1.54, 1.807) is 19.1 Å². The van der Waals surface area contributed by atoms with Crippen molar-refractivity contribution in [3.63, 3.8) is 0 Å². The van der Waals surface area contributed by atoms with Gasteiger partial charge in [0.1, 0.15) is 6.04 Å². The van der Waals surface area contributed by atoms with Gasteiger partial charge in [0.2, 0.25) is 10.0 Å². The van der Waals surface area contributed by atoms with Crippen LogP contribution in [0.25, 0.3) is 0 Å². The first-order valence-corrected chi connectivity index (χ1v) is 7.87. The molecule has 2 N–H and O–H groups in total. The maximum absolute atomic E-state index is 12.0. The molecular weight excluding hydrogens is 280 g/mol. The number of esters is 1. The number of anilines is 1. The van der Waals surface area contributed by atoms with Crippen LogP contribution in [-0.2, 0) is 19.6 Å². The molecule has 1 aromatic carbocycles. The molecule has 0 aliphatic heterocycles. The molecule has 20 heavy (non-hydrogen) atoms. The minimum atomic E-state index is -3.43. The normalized spacial score (nSPS) is 16.5. The molecule has 2 rings (SSSR count). The predicted molar refractivity (Wildman–Crippen MR) is 74.9 cm³/mol. The molecule has 0 amide bonds. The molecule has 0 heterocycles. The van der Waals surface area contributed by atoms with E-state index < -0.39 is 16.1 Å². The van der Waals surface area contributed by atoms with Gasteiger partial charge in [0.05, 0.1) is 12.0 Å². The van der Waals surface area contributed by atoms with Gasteiger partial charge in [-0.05, 0) is 44.0 Å². The number of carbonyl (C=O) groups excluding carboxylic acids is 1. The number of hydrogen-bond donors (Lipinski definition) is 2. The Kier molecular flexibility index (Phi) is 4.29. The van der Waals surface area contributed by atoms with Crippen LogP contribution in [0.1, 0.15) is 19.8 Å². The highest BCUT2D eigenvalue weighted by molar-refractivity contribution is 7.89. The fourth-order valence-corrected chi connectivity index (χ4v) is 3.01. The van der Waals surface area contributed by atoms with Crippen molar-refractivity contribution < 1.29 is 17.9 Å². The summed E-state index contributed by atoms with van der Waals surface area (Å²) < 4.78 is 31.1. The van der Waals surface area contributed by atoms with E-state index in [0.29, 0.717) is 5.69 Å². The van der Waals surface area contributed by atoms with Crippen molar-refractivity contribution in [3.8, 4) is 0 Å². The fourth-order valence-electron chi connectivity index (χ4n) is 1.70. The Labute approximate surface area is 118 Å². The largest absolute Gasteiger partial charge is 0.467 e. The van der Waals surface area contributed by atoms with E-state index in [1.807, 2.05) is 0 Å². The lowest BCUT2D eigenvalue weighted by Crippen LogP contribution is -2.27. The molecule has 0 radical (unpaired) electrons. The number of benzene rings is 1. The van der Waals surface area contributed by atoms with Gasteiger partial charge < -0.3 is 10.1 Å². The summed E-state index contributed by atoms with van der Waals surface area (Å²) in [5.41, 5.74) is 0.660. The van der Waals surface area contributed by atoms with Crippen LogP contribution in [0.3, 0.4) is 0 Å². The van der Waals surface area contributed by atoms with Crippen molar-refractivity contribution >= 4 is 21.7 Å². The summed E-state index contributed by atoms with van der Waals surface area (Å²) in [7, 11) is -2.11. The molecule has 6 nitrogen and oxygen atoms in total. The zero-order valence-corrected chi connectivity index (χ0v) is 12.2. The van der Waals surface area contributed by atoms with Gasteiger partial charge in [0.25, 0.3) is 0 Å². The van der Waals surface area contributed by atoms with Crippen LogP contribution >= 0.6 is 0 Å². The van der Waals surface area contributed by atoms with Crippen LogP contribution in [0.15, 0.2) is 29.2 Å². The monoisotopic (exact) mass is 298 g/mol. The molecular formula is C13H18N2O4S. The summed E-state index contributed by atoms with van der Waals surface area (Å²) in [6, 6.07) is 5.86. The lowest BCUT2D eigenvalue weighted by molar-refractivity contribution is -0.141. The molecule has 1 atom stereocenters. The number of nitrogens with one attached hydrogen (secondary N) is 2. The van der Waals surface area contributed by atoms with Crippen molar-refractivity contribution in [2.75, 3.05) is 12.4 Å². The molecule has 0 aromatic heterocycles. The number of hydrogen-bond acceptors (Lipinski definition) is 5. The molecule has 1 fully saturated rings. The first kappa shape index (κ1) is 14.8. The van der Waals surface area contributed by atoms with Gasteiger partial charge in [-0.1, -0.05) is 0 Å². The van der Waals surface area contributed by atoms with Crippen molar-refractivity contribution in [1.82, 2.24) is 4.72 Å². The SMILES string of the molecule is COC(=O)C(C)Nc1ccc(S(=O)(=O)NC2CC2)cc1. The summed E-state index contributed by atoms with van der Waals surface area (Å²) in [4.78, 5) is 11.5. The van der Waals surface area contributed by atoms with Gasteiger partial charge >= 0.3 is 5.97 Å². The van der Waals surface area contributed by atoms with Crippen LogP contribution in [0.2, 0.25) is 0 Å². The number of methoxy groups -OCH3 is 1. The quantitative estimate of drug-likeness (QED) is 0.768. The first-order valence-electron chi connectivity index (χ1n) is 6.39. The molecule has 0 spiro atoms. The van der Waals surface area contributed by atoms with E-state index in [4.69, 9.17) is 0 Å². The standard InChI is InChI=1S/C13H18N2O4S/c1-9(13(16)19-2)14-10-5-7-12(8-6-10)20(17,18)15-11-3-4-11/h5-9,11,14-15H,3-4H2,1-2H3. The third-order valence-electron chi connectivity index (χ3n) is 3.00. The molecule has 1 aliphatic rings. The maximum Gasteiger partial charge on any atom is 0.327 e. The van der Waals surface area contributed by atoms with Crippen molar-refractivity contribution in [1.29, 1.82) is 0 Å². The fraction of sp³-hybridized carbons (Fsp3) is 0.462. The van der Waals surface area contributed by atoms with Gasteiger partial charge in [-0.25, -0.2) is 17.9 Å². The van der Waals surface area contributed by atoms with Crippen molar-refractivity contribution in [2.24, 2.45) is 0 Å². The van der Waals surface area contributed by atoms with Gasteiger partial charge in [-0.2, -0.15) is 0 Å². The van der Waals surface area contributed by atoms with E-state index in [0.717, 1.165) is 12.8 Å². The number of rotatable bonds is 6. The molecule has 0 bridgehead atoms. The zero-order chi connectivity index (χ0) is 14.8. The van der Waals surface area contributed by atoms with Crippen LogP contribution < -0.4 is 10.0 Å². The molecule has 1 unspecified atom stereocenters. The maximum atomic E-state index is 12.0. The molecule has 1 aromatic rings. The van der Waals surface area contributed by atoms with E-state index in [1.165, 1.54) is 19.2 Å². The van der Waals surface area contributed by atoms with Gasteiger partial charge in [0.15, 0.2) is 0 Å². The predicted octanol–water partition coefficient (Wildman–Crippen LogP) is 1.10. The van der Waals surface area contributed by atoms with E-state index in [9.17, 15) is 13.2 Å². The molecule has 0 saturated heterocycles. The first-order chi connectivity index (χ1) is 9.42. The van der Waals surface area contributed by atoms with Crippen LogP contribution in [0.4, 0.5) is 5.69 Å². The Hall–Kier alpha value is -1.60. The summed E-state index contributed by atoms with van der Waals surface area (Å²) in [5, 5.41) is 2.93. The number of carbonyl (C=O) groups is 1. The second kappa shape index (κ2) is 5.80. The molecule has 1 saturated carbocycles. The zero-order valence-electron chi connectivity index (χ0n) is 11.4. The van der Waals surface area contributed by atoms with Crippen LogP contribution in [0, 0.1) is 0 Å². The average molecular weight is 298 g/mol. The van der Waals surface area contributed by atoms with E-state index >= 15 is 0 Å². The Morgan fingerprint density at radius 2 is 1.90 bits per heavy atom. The number of sulfonamides is 1. The lowest BCUT2D eigenvalue weighted by Gasteiger charge is -2.13. The van der Waals surface area contributed by atoms with Crippen LogP contribution in [0.5, 0.6) is 0 Å².